The second-order valence-corrected chi connectivity index (χ2v) is 11.5. The van der Waals surface area contributed by atoms with Crippen LogP contribution in [0.15, 0.2) is 18.2 Å². The highest BCUT2D eigenvalue weighted by molar-refractivity contribution is 6.74. The maximum atomic E-state index is 13.5. The van der Waals surface area contributed by atoms with E-state index in [1.807, 2.05) is 13.0 Å². The third kappa shape index (κ3) is 4.55. The van der Waals surface area contributed by atoms with Crippen molar-refractivity contribution in [3.8, 4) is 11.8 Å². The predicted octanol–water partition coefficient (Wildman–Crippen LogP) is 4.49. The topological polar surface area (TPSA) is 42.2 Å². The van der Waals surface area contributed by atoms with E-state index in [1.165, 1.54) is 12.1 Å². The van der Waals surface area contributed by atoms with Gasteiger partial charge in [0.2, 0.25) is 0 Å². The van der Waals surface area contributed by atoms with Gasteiger partial charge in [0.05, 0.1) is 6.61 Å². The van der Waals surface area contributed by atoms with Crippen molar-refractivity contribution in [1.82, 2.24) is 0 Å². The van der Waals surface area contributed by atoms with Gasteiger partial charge in [-0.2, -0.15) is 5.26 Å². The molecular weight excluding hydrogens is 285 g/mol. The molecule has 5 heteroatoms. The molecule has 0 aliphatic heterocycles. The third-order valence-electron chi connectivity index (χ3n) is 3.90. The second kappa shape index (κ2) is 6.59. The van der Waals surface area contributed by atoms with Crippen LogP contribution in [0, 0.1) is 17.1 Å². The Morgan fingerprint density at radius 1 is 1.33 bits per heavy atom. The van der Waals surface area contributed by atoms with Crippen molar-refractivity contribution in [2.24, 2.45) is 0 Å². The van der Waals surface area contributed by atoms with Gasteiger partial charge < -0.3 is 9.16 Å². The molecule has 0 aliphatic carbocycles. The fourth-order valence-electron chi connectivity index (χ4n) is 1.50. The van der Waals surface area contributed by atoms with E-state index >= 15 is 0 Å². The van der Waals surface area contributed by atoms with E-state index in [9.17, 15) is 4.39 Å². The highest BCUT2D eigenvalue weighted by Crippen LogP contribution is 2.36. The van der Waals surface area contributed by atoms with Crippen molar-refractivity contribution in [3.63, 3.8) is 0 Å². The molecule has 1 unspecified atom stereocenters. The van der Waals surface area contributed by atoms with E-state index in [0.29, 0.717) is 6.61 Å². The molecule has 0 aliphatic rings. The first kappa shape index (κ1) is 17.7. The Bertz CT molecular complexity index is 532. The number of halogens is 1. The van der Waals surface area contributed by atoms with E-state index in [-0.39, 0.29) is 22.5 Å². The summed E-state index contributed by atoms with van der Waals surface area (Å²) >= 11 is 0. The molecule has 1 aromatic carbocycles. The maximum Gasteiger partial charge on any atom is 0.192 e. The molecule has 3 nitrogen and oxygen atoms in total. The van der Waals surface area contributed by atoms with Gasteiger partial charge in [0.1, 0.15) is 29.3 Å². The number of hydrogen-bond donors (Lipinski definition) is 0. The van der Waals surface area contributed by atoms with Crippen molar-refractivity contribution in [1.29, 1.82) is 5.26 Å². The van der Waals surface area contributed by atoms with Crippen LogP contribution in [0.3, 0.4) is 0 Å². The molecule has 1 aromatic rings. The first-order valence-electron chi connectivity index (χ1n) is 7.07. The number of nitriles is 1. The van der Waals surface area contributed by atoms with Gasteiger partial charge in [-0.3, -0.25) is 0 Å². The Morgan fingerprint density at radius 3 is 2.48 bits per heavy atom. The molecule has 0 radical (unpaired) electrons. The zero-order valence-corrected chi connectivity index (χ0v) is 14.7. The quantitative estimate of drug-likeness (QED) is 0.753. The van der Waals surface area contributed by atoms with Crippen molar-refractivity contribution in [2.75, 3.05) is 6.61 Å². The number of ether oxygens (including phenoxy) is 1. The van der Waals surface area contributed by atoms with Gasteiger partial charge in [0, 0.05) is 0 Å². The van der Waals surface area contributed by atoms with Crippen LogP contribution in [0.4, 0.5) is 4.39 Å². The molecule has 0 bridgehead atoms. The van der Waals surface area contributed by atoms with Crippen LogP contribution in [0.1, 0.15) is 33.3 Å². The maximum absolute atomic E-state index is 13.5. The van der Waals surface area contributed by atoms with E-state index in [4.69, 9.17) is 14.4 Å². The van der Waals surface area contributed by atoms with Gasteiger partial charge in [-0.1, -0.05) is 26.8 Å². The van der Waals surface area contributed by atoms with E-state index in [2.05, 4.69) is 33.9 Å². The fourth-order valence-corrected chi connectivity index (χ4v) is 2.59. The lowest BCUT2D eigenvalue weighted by molar-refractivity contribution is 0.133. The molecule has 0 saturated carbocycles. The predicted molar refractivity (Wildman–Crippen MR) is 84.4 cm³/mol. The molecular formula is C16H24FNO2Si. The molecule has 0 saturated heterocycles. The van der Waals surface area contributed by atoms with Crippen molar-refractivity contribution in [3.05, 3.63) is 29.6 Å². The number of nitrogens with zero attached hydrogens (tertiary/aromatic N) is 1. The summed E-state index contributed by atoms with van der Waals surface area (Å²) < 4.78 is 25.2. The molecule has 0 N–H and O–H groups in total. The average Bonchev–Trinajstić information content (AvgIpc) is 2.35. The summed E-state index contributed by atoms with van der Waals surface area (Å²) in [5.74, 6) is -0.295. The van der Waals surface area contributed by atoms with Crippen molar-refractivity contribution >= 4 is 8.32 Å². The van der Waals surface area contributed by atoms with Crippen LogP contribution < -0.4 is 4.74 Å². The highest BCUT2D eigenvalue weighted by Gasteiger charge is 2.37. The third-order valence-corrected chi connectivity index (χ3v) is 8.40. The summed E-state index contributed by atoms with van der Waals surface area (Å²) in [4.78, 5) is 0. The first-order chi connectivity index (χ1) is 9.58. The Kier molecular flexibility index (Phi) is 5.54. The summed E-state index contributed by atoms with van der Waals surface area (Å²) in [6.45, 7) is 13.1. The van der Waals surface area contributed by atoms with Crippen molar-refractivity contribution in [2.45, 2.75) is 51.9 Å². The van der Waals surface area contributed by atoms with Gasteiger partial charge in [-0.15, -0.1) is 0 Å². The van der Waals surface area contributed by atoms with Crippen LogP contribution in [0.2, 0.25) is 18.1 Å². The molecule has 1 rings (SSSR count). The Labute approximate surface area is 127 Å². The summed E-state index contributed by atoms with van der Waals surface area (Å²) in [5.41, 5.74) is -0.0586. The van der Waals surface area contributed by atoms with Crippen LogP contribution in [-0.4, -0.2) is 21.0 Å². The van der Waals surface area contributed by atoms with Crippen LogP contribution in [0.25, 0.3) is 0 Å². The molecule has 0 spiro atoms. The molecule has 0 heterocycles. The standard InChI is InChI=1S/C16H24FNO2Si/c1-12(11-19-21(5,6)16(2,3)4)20-15-9-7-8-14(17)13(15)10-18/h7-9,12H,11H2,1-6H3. The van der Waals surface area contributed by atoms with E-state index in [0.717, 1.165) is 0 Å². The summed E-state index contributed by atoms with van der Waals surface area (Å²) in [7, 11) is -1.84. The SMILES string of the molecule is CC(CO[Si](C)(C)C(C)(C)C)Oc1cccc(F)c1C#N. The molecule has 116 valence electrons. The minimum absolute atomic E-state index is 0.0586. The molecule has 0 aromatic heterocycles. The zero-order chi connectivity index (χ0) is 16.3. The molecule has 0 fully saturated rings. The van der Waals surface area contributed by atoms with Crippen molar-refractivity contribution < 1.29 is 13.6 Å². The highest BCUT2D eigenvalue weighted by atomic mass is 28.4. The van der Waals surface area contributed by atoms with Crippen LogP contribution >= 0.6 is 0 Å². The zero-order valence-electron chi connectivity index (χ0n) is 13.7. The van der Waals surface area contributed by atoms with Crippen LogP contribution in [0.5, 0.6) is 5.75 Å². The van der Waals surface area contributed by atoms with Gasteiger partial charge in [-0.25, -0.2) is 4.39 Å². The largest absolute Gasteiger partial charge is 0.487 e. The summed E-state index contributed by atoms with van der Waals surface area (Å²) in [6, 6.07) is 6.22. The van der Waals surface area contributed by atoms with E-state index < -0.39 is 14.1 Å². The molecule has 21 heavy (non-hydrogen) atoms. The molecule has 1 atom stereocenters. The lowest BCUT2D eigenvalue weighted by Gasteiger charge is -2.36. The normalized spacial score (nSPS) is 13.6. The van der Waals surface area contributed by atoms with E-state index in [1.54, 1.807) is 6.07 Å². The Morgan fingerprint density at radius 2 is 1.95 bits per heavy atom. The number of rotatable bonds is 5. The molecule has 0 amide bonds. The number of benzene rings is 1. The summed E-state index contributed by atoms with van der Waals surface area (Å²) in [5, 5.41) is 9.11. The first-order valence-corrected chi connectivity index (χ1v) is 9.98. The van der Waals surface area contributed by atoms with Crippen LogP contribution in [-0.2, 0) is 4.43 Å². The van der Waals surface area contributed by atoms with Gasteiger partial charge in [-0.05, 0) is 37.2 Å². The van der Waals surface area contributed by atoms with Gasteiger partial charge >= 0.3 is 0 Å². The van der Waals surface area contributed by atoms with Gasteiger partial charge in [0.15, 0.2) is 8.32 Å². The minimum atomic E-state index is -1.84. The lowest BCUT2D eigenvalue weighted by Crippen LogP contribution is -2.43. The Hall–Kier alpha value is -1.38. The number of hydrogen-bond acceptors (Lipinski definition) is 3. The van der Waals surface area contributed by atoms with Gasteiger partial charge in [0.25, 0.3) is 0 Å². The second-order valence-electron chi connectivity index (χ2n) is 6.72. The minimum Gasteiger partial charge on any atom is -0.487 e. The Balaban J connectivity index is 2.70. The average molecular weight is 309 g/mol. The lowest BCUT2D eigenvalue weighted by atomic mass is 10.2. The smallest absolute Gasteiger partial charge is 0.192 e. The fraction of sp³-hybridized carbons (Fsp3) is 0.562. The summed E-state index contributed by atoms with van der Waals surface area (Å²) in [6.07, 6.45) is -0.243. The monoisotopic (exact) mass is 309 g/mol.